The summed E-state index contributed by atoms with van der Waals surface area (Å²) in [6.45, 7) is 13.3. The number of methoxy groups -OCH3 is 1. The number of aromatic nitrogens is 1. The molecule has 0 N–H and O–H groups in total. The molecule has 1 aromatic heterocycles. The van der Waals surface area contributed by atoms with Crippen molar-refractivity contribution in [1.29, 1.82) is 0 Å². The van der Waals surface area contributed by atoms with Crippen molar-refractivity contribution in [3.8, 4) is 5.75 Å². The van der Waals surface area contributed by atoms with Crippen LogP contribution in [0.25, 0.3) is 6.08 Å². The number of carbonyl (C=O) groups excluding carboxylic acids is 1. The maximum absolute atomic E-state index is 15.4. The van der Waals surface area contributed by atoms with Gasteiger partial charge in [-0.1, -0.05) is 59.7 Å². The molecule has 4 rings (SSSR count). The molecule has 8 atom stereocenters. The van der Waals surface area contributed by atoms with Crippen molar-refractivity contribution in [2.45, 2.75) is 98.1 Å². The minimum Gasteiger partial charge on any atom is -0.497 e. The molecule has 1 unspecified atom stereocenters. The van der Waals surface area contributed by atoms with Crippen LogP contribution in [0.4, 0.5) is 0 Å². The highest BCUT2D eigenvalue weighted by Gasteiger charge is 2.48. The van der Waals surface area contributed by atoms with E-state index in [1.165, 1.54) is 6.08 Å². The fourth-order valence-corrected chi connectivity index (χ4v) is 8.87. The van der Waals surface area contributed by atoms with Gasteiger partial charge in [-0.15, -0.1) is 0 Å². The highest BCUT2D eigenvalue weighted by atomic mass is 31.2. The lowest BCUT2D eigenvalue weighted by atomic mass is 9.76. The molecule has 0 saturated heterocycles. The van der Waals surface area contributed by atoms with Crippen LogP contribution in [0.1, 0.15) is 97.0 Å². The quantitative estimate of drug-likeness (QED) is 0.132. The Morgan fingerprint density at radius 2 is 1.45 bits per heavy atom. The van der Waals surface area contributed by atoms with E-state index in [1.807, 2.05) is 24.3 Å². The summed E-state index contributed by atoms with van der Waals surface area (Å²) in [5.74, 6) is 1.18. The van der Waals surface area contributed by atoms with Crippen molar-refractivity contribution < 1.29 is 27.9 Å². The molecule has 1 heterocycles. The standard InChI is InChI=1S/C36H52NO6P/c1-24(2)29-15-10-26(5)33(21-29)42-44(39,43-34-22-30(25(3)4)16-11-27(34)6)36(31-9-8-20-37-23-31)41-35(38)19-14-28-12-17-32(40-7)18-13-28/h8-9,12-14,17-20,23-27,29-30,33-34,36H,10-11,15-16,21-22H2,1-7H3/b19-14+/t26-,27+,29-,30-,33-,34-,36+,44?/m1/s1. The average Bonchev–Trinajstić information content (AvgIpc) is 3.01. The first-order chi connectivity index (χ1) is 21.0. The number of esters is 1. The van der Waals surface area contributed by atoms with Gasteiger partial charge in [0.05, 0.1) is 19.3 Å². The third-order valence-electron chi connectivity index (χ3n) is 9.79. The van der Waals surface area contributed by atoms with Gasteiger partial charge in [-0.25, -0.2) is 4.79 Å². The average molecular weight is 626 g/mol. The van der Waals surface area contributed by atoms with E-state index in [2.05, 4.69) is 46.5 Å². The predicted octanol–water partition coefficient (Wildman–Crippen LogP) is 9.49. The minimum absolute atomic E-state index is 0.203. The monoisotopic (exact) mass is 625 g/mol. The van der Waals surface area contributed by atoms with Crippen LogP contribution in [0.5, 0.6) is 5.75 Å². The van der Waals surface area contributed by atoms with Gasteiger partial charge in [0.1, 0.15) is 5.75 Å². The zero-order valence-electron chi connectivity index (χ0n) is 27.6. The molecule has 2 aliphatic rings. The Morgan fingerprint density at radius 3 is 1.93 bits per heavy atom. The molecular formula is C36H52NO6P. The molecule has 2 aromatic rings. The van der Waals surface area contributed by atoms with E-state index in [0.717, 1.165) is 49.8 Å². The molecule has 8 heteroatoms. The molecule has 44 heavy (non-hydrogen) atoms. The van der Waals surface area contributed by atoms with Crippen LogP contribution in [0, 0.1) is 35.5 Å². The Bertz CT molecular complexity index is 1230. The van der Waals surface area contributed by atoms with Crippen molar-refractivity contribution in [3.63, 3.8) is 0 Å². The van der Waals surface area contributed by atoms with Gasteiger partial charge in [-0.3, -0.25) is 9.55 Å². The maximum atomic E-state index is 15.4. The smallest absolute Gasteiger partial charge is 0.376 e. The summed E-state index contributed by atoms with van der Waals surface area (Å²) < 4.78 is 40.1. The van der Waals surface area contributed by atoms with E-state index in [9.17, 15) is 4.79 Å². The summed E-state index contributed by atoms with van der Waals surface area (Å²) >= 11 is 0. The third kappa shape index (κ3) is 9.05. The number of hydrogen-bond acceptors (Lipinski definition) is 7. The Labute approximate surface area is 264 Å². The van der Waals surface area contributed by atoms with Crippen LogP contribution in [0.2, 0.25) is 0 Å². The molecule has 2 fully saturated rings. The van der Waals surface area contributed by atoms with Crippen molar-refractivity contribution in [2.75, 3.05) is 7.11 Å². The fourth-order valence-electron chi connectivity index (χ4n) is 6.51. The predicted molar refractivity (Wildman–Crippen MR) is 175 cm³/mol. The summed E-state index contributed by atoms with van der Waals surface area (Å²) in [6, 6.07) is 10.9. The van der Waals surface area contributed by atoms with Gasteiger partial charge in [-0.05, 0) is 104 Å². The lowest BCUT2D eigenvalue weighted by Gasteiger charge is -2.42. The number of hydrogen-bond donors (Lipinski definition) is 0. The van der Waals surface area contributed by atoms with Crippen molar-refractivity contribution in [1.82, 2.24) is 4.98 Å². The first-order valence-corrected chi connectivity index (χ1v) is 18.0. The lowest BCUT2D eigenvalue weighted by Crippen LogP contribution is -2.35. The number of nitrogens with zero attached hydrogens (tertiary/aromatic N) is 1. The van der Waals surface area contributed by atoms with Crippen LogP contribution in [0.15, 0.2) is 54.9 Å². The second-order valence-corrected chi connectivity index (χ2v) is 15.6. The number of benzene rings is 1. The van der Waals surface area contributed by atoms with Crippen molar-refractivity contribution >= 4 is 19.6 Å². The Morgan fingerprint density at radius 1 is 0.886 bits per heavy atom. The summed E-state index contributed by atoms with van der Waals surface area (Å²) in [5, 5.41) is 0. The molecule has 1 aromatic carbocycles. The normalized spacial score (nSPS) is 28.1. The van der Waals surface area contributed by atoms with Crippen LogP contribution in [-0.4, -0.2) is 30.3 Å². The summed E-state index contributed by atoms with van der Waals surface area (Å²) in [4.78, 5) is 17.7. The van der Waals surface area contributed by atoms with Gasteiger partial charge in [0.15, 0.2) is 0 Å². The molecule has 0 amide bonds. The Kier molecular flexibility index (Phi) is 12.3. The Balaban J connectivity index is 1.68. The lowest BCUT2D eigenvalue weighted by molar-refractivity contribution is -0.141. The topological polar surface area (TPSA) is 84.0 Å². The number of carbonyl (C=O) groups is 1. The zero-order chi connectivity index (χ0) is 31.9. The SMILES string of the molecule is COc1ccc(/C=C/C(=O)O[C@H](c2cccnc2)P(=O)(O[C@@H]2C[C@H](C(C)C)CC[C@H]2C)O[C@@H]2C[C@H](C(C)C)CC[C@@H]2C)cc1. The van der Waals surface area contributed by atoms with Gasteiger partial charge in [-0.2, -0.15) is 0 Å². The molecule has 242 valence electrons. The highest BCUT2D eigenvalue weighted by molar-refractivity contribution is 7.54. The second-order valence-electron chi connectivity index (χ2n) is 13.6. The first-order valence-electron chi connectivity index (χ1n) is 16.4. The van der Waals surface area contributed by atoms with Gasteiger partial charge in [0, 0.05) is 24.0 Å². The van der Waals surface area contributed by atoms with E-state index in [0.29, 0.717) is 29.2 Å². The Hall–Kier alpha value is -2.47. The van der Waals surface area contributed by atoms with E-state index in [-0.39, 0.29) is 24.0 Å². The largest absolute Gasteiger partial charge is 0.497 e. The summed E-state index contributed by atoms with van der Waals surface area (Å²) in [6.07, 6.45) is 11.5. The van der Waals surface area contributed by atoms with Crippen LogP contribution in [0.3, 0.4) is 0 Å². The van der Waals surface area contributed by atoms with E-state index >= 15 is 4.57 Å². The third-order valence-corrected chi connectivity index (χ3v) is 11.9. The van der Waals surface area contributed by atoms with Gasteiger partial charge < -0.3 is 18.5 Å². The van der Waals surface area contributed by atoms with Gasteiger partial charge in [0.25, 0.3) is 0 Å². The van der Waals surface area contributed by atoms with E-state index in [1.54, 1.807) is 37.7 Å². The molecule has 0 spiro atoms. The maximum Gasteiger partial charge on any atom is 0.376 e. The molecule has 0 radical (unpaired) electrons. The van der Waals surface area contributed by atoms with Crippen molar-refractivity contribution in [2.24, 2.45) is 35.5 Å². The minimum atomic E-state index is -4.07. The molecule has 7 nitrogen and oxygen atoms in total. The van der Waals surface area contributed by atoms with Gasteiger partial charge in [0.2, 0.25) is 5.85 Å². The number of pyridine rings is 1. The fraction of sp³-hybridized carbons (Fsp3) is 0.611. The number of ether oxygens (including phenoxy) is 2. The highest BCUT2D eigenvalue weighted by Crippen LogP contribution is 2.65. The van der Waals surface area contributed by atoms with Crippen molar-refractivity contribution in [3.05, 3.63) is 66.0 Å². The second kappa shape index (κ2) is 15.7. The van der Waals surface area contributed by atoms with Crippen LogP contribution in [-0.2, 0) is 23.1 Å². The van der Waals surface area contributed by atoms with Crippen LogP contribution < -0.4 is 4.74 Å². The molecule has 2 saturated carbocycles. The molecule has 0 aliphatic heterocycles. The summed E-state index contributed by atoms with van der Waals surface area (Å²) in [5.41, 5.74) is 1.30. The van der Waals surface area contributed by atoms with Crippen LogP contribution >= 0.6 is 7.60 Å². The molecule has 0 bridgehead atoms. The van der Waals surface area contributed by atoms with E-state index < -0.39 is 19.4 Å². The van der Waals surface area contributed by atoms with E-state index in [4.69, 9.17) is 18.5 Å². The number of rotatable bonds is 12. The summed E-state index contributed by atoms with van der Waals surface area (Å²) in [7, 11) is -2.46. The first kappa shape index (κ1) is 34.4. The molecule has 2 aliphatic carbocycles. The zero-order valence-corrected chi connectivity index (χ0v) is 28.5. The molecular weight excluding hydrogens is 573 g/mol. The van der Waals surface area contributed by atoms with Gasteiger partial charge >= 0.3 is 13.6 Å².